The molecule has 0 saturated carbocycles. The fraction of sp³-hybridized carbons (Fsp3) is 0.231. The van der Waals surface area contributed by atoms with Crippen molar-refractivity contribution in [1.82, 2.24) is 10.2 Å². The summed E-state index contributed by atoms with van der Waals surface area (Å²) >= 11 is 0. The molecule has 1 aliphatic heterocycles. The van der Waals surface area contributed by atoms with Crippen LogP contribution in [0.25, 0.3) is 0 Å². The Bertz CT molecular complexity index is 1060. The van der Waals surface area contributed by atoms with E-state index in [0.717, 1.165) is 5.56 Å². The van der Waals surface area contributed by atoms with Gasteiger partial charge in [0.2, 0.25) is 5.91 Å². The van der Waals surface area contributed by atoms with Crippen LogP contribution in [0.5, 0.6) is 11.5 Å². The molecule has 0 saturated heterocycles. The van der Waals surface area contributed by atoms with E-state index in [9.17, 15) is 9.59 Å². The minimum Gasteiger partial charge on any atom is -0.486 e. The number of rotatable bonds is 7. The zero-order chi connectivity index (χ0) is 22.3. The first-order valence-electron chi connectivity index (χ1n) is 10.6. The quantitative estimate of drug-likeness (QED) is 0.618. The number of likely N-dealkylation sites (N-methyl/N-ethyl adjacent to an activating group) is 1. The van der Waals surface area contributed by atoms with Crippen LogP contribution in [-0.2, 0) is 4.79 Å². The SMILES string of the molecule is CN(CC1COc2ccccc2O1)C(=O)CC(NC(=O)c1ccccc1)c1ccccc1. The van der Waals surface area contributed by atoms with Crippen LogP contribution in [0.2, 0.25) is 0 Å². The molecule has 0 spiro atoms. The molecule has 164 valence electrons. The molecule has 0 bridgehead atoms. The fourth-order valence-electron chi connectivity index (χ4n) is 3.66. The van der Waals surface area contributed by atoms with Crippen LogP contribution >= 0.6 is 0 Å². The number of carbonyl (C=O) groups excluding carboxylic acids is 2. The van der Waals surface area contributed by atoms with E-state index in [1.54, 1.807) is 24.1 Å². The van der Waals surface area contributed by atoms with Crippen molar-refractivity contribution in [3.05, 3.63) is 96.1 Å². The van der Waals surface area contributed by atoms with Gasteiger partial charge in [0.1, 0.15) is 6.61 Å². The zero-order valence-electron chi connectivity index (χ0n) is 17.9. The molecule has 2 atom stereocenters. The number of nitrogens with zero attached hydrogens (tertiary/aromatic N) is 1. The molecule has 0 fully saturated rings. The number of ether oxygens (including phenoxy) is 2. The van der Waals surface area contributed by atoms with E-state index in [2.05, 4.69) is 5.32 Å². The molecular formula is C26H26N2O4. The largest absolute Gasteiger partial charge is 0.486 e. The highest BCUT2D eigenvalue weighted by Crippen LogP contribution is 2.31. The minimum atomic E-state index is -0.442. The summed E-state index contributed by atoms with van der Waals surface area (Å²) in [5.74, 6) is 1.09. The van der Waals surface area contributed by atoms with Crippen LogP contribution in [-0.4, -0.2) is 43.0 Å². The highest BCUT2D eigenvalue weighted by molar-refractivity contribution is 5.94. The second kappa shape index (κ2) is 10.0. The molecule has 1 N–H and O–H groups in total. The van der Waals surface area contributed by atoms with Gasteiger partial charge < -0.3 is 19.7 Å². The summed E-state index contributed by atoms with van der Waals surface area (Å²) in [6.07, 6.45) is -0.114. The Morgan fingerprint density at radius 2 is 1.56 bits per heavy atom. The zero-order valence-corrected chi connectivity index (χ0v) is 17.9. The molecule has 6 nitrogen and oxygen atoms in total. The summed E-state index contributed by atoms with van der Waals surface area (Å²) in [5, 5.41) is 3.01. The highest BCUT2D eigenvalue weighted by atomic mass is 16.6. The normalized spacial score (nSPS) is 15.5. The van der Waals surface area contributed by atoms with Crippen molar-refractivity contribution >= 4 is 11.8 Å². The monoisotopic (exact) mass is 430 g/mol. The number of amides is 2. The maximum atomic E-state index is 13.0. The molecule has 6 heteroatoms. The third-order valence-electron chi connectivity index (χ3n) is 5.39. The molecule has 0 radical (unpaired) electrons. The van der Waals surface area contributed by atoms with Crippen molar-refractivity contribution in [2.24, 2.45) is 0 Å². The van der Waals surface area contributed by atoms with Crippen molar-refractivity contribution in [2.45, 2.75) is 18.6 Å². The smallest absolute Gasteiger partial charge is 0.251 e. The van der Waals surface area contributed by atoms with Crippen molar-refractivity contribution in [3.8, 4) is 11.5 Å². The van der Waals surface area contributed by atoms with Gasteiger partial charge in [0.05, 0.1) is 19.0 Å². The van der Waals surface area contributed by atoms with E-state index in [4.69, 9.17) is 9.47 Å². The number of nitrogens with one attached hydrogen (secondary N) is 1. The summed E-state index contributed by atoms with van der Waals surface area (Å²) < 4.78 is 11.7. The molecular weight excluding hydrogens is 404 g/mol. The van der Waals surface area contributed by atoms with Gasteiger partial charge in [-0.3, -0.25) is 9.59 Å². The lowest BCUT2D eigenvalue weighted by Crippen LogP contribution is -2.43. The van der Waals surface area contributed by atoms with Crippen LogP contribution in [0.4, 0.5) is 0 Å². The van der Waals surface area contributed by atoms with Crippen molar-refractivity contribution in [3.63, 3.8) is 0 Å². The maximum Gasteiger partial charge on any atom is 0.251 e. The van der Waals surface area contributed by atoms with E-state index < -0.39 is 6.04 Å². The molecule has 32 heavy (non-hydrogen) atoms. The lowest BCUT2D eigenvalue weighted by atomic mass is 10.0. The van der Waals surface area contributed by atoms with Crippen LogP contribution in [0.15, 0.2) is 84.9 Å². The third kappa shape index (κ3) is 5.27. The summed E-state index contributed by atoms with van der Waals surface area (Å²) in [6, 6.07) is 25.6. The topological polar surface area (TPSA) is 67.9 Å². The number of carbonyl (C=O) groups is 2. The van der Waals surface area contributed by atoms with E-state index in [0.29, 0.717) is 30.2 Å². The van der Waals surface area contributed by atoms with Crippen LogP contribution < -0.4 is 14.8 Å². The van der Waals surface area contributed by atoms with Crippen LogP contribution in [0.1, 0.15) is 28.4 Å². The maximum absolute atomic E-state index is 13.0. The predicted octanol–water partition coefficient (Wildman–Crippen LogP) is 3.85. The predicted molar refractivity (Wildman–Crippen MR) is 122 cm³/mol. The first-order chi connectivity index (χ1) is 15.6. The van der Waals surface area contributed by atoms with Gasteiger partial charge in [0.25, 0.3) is 5.91 Å². The molecule has 1 aliphatic rings. The molecule has 3 aromatic rings. The van der Waals surface area contributed by atoms with Crippen LogP contribution in [0, 0.1) is 0 Å². The lowest BCUT2D eigenvalue weighted by Gasteiger charge is -2.30. The molecule has 3 aromatic carbocycles. The van der Waals surface area contributed by atoms with E-state index in [1.807, 2.05) is 72.8 Å². The molecule has 0 aromatic heterocycles. The number of benzene rings is 3. The second-order valence-electron chi connectivity index (χ2n) is 7.78. The molecule has 2 unspecified atom stereocenters. The van der Waals surface area contributed by atoms with Gasteiger partial charge in [-0.1, -0.05) is 60.7 Å². The summed E-state index contributed by atoms with van der Waals surface area (Å²) in [4.78, 5) is 27.4. The van der Waals surface area contributed by atoms with Gasteiger partial charge in [0.15, 0.2) is 17.6 Å². The van der Waals surface area contributed by atoms with Crippen molar-refractivity contribution < 1.29 is 19.1 Å². The van der Waals surface area contributed by atoms with E-state index in [1.165, 1.54) is 0 Å². The summed E-state index contributed by atoms with van der Waals surface area (Å²) in [6.45, 7) is 0.767. The van der Waals surface area contributed by atoms with E-state index in [-0.39, 0.29) is 24.3 Å². The standard InChI is InChI=1S/C26H26N2O4/c1-28(17-21-18-31-23-14-8-9-15-24(23)32-21)25(29)16-22(19-10-4-2-5-11-19)27-26(30)20-12-6-3-7-13-20/h2-15,21-22H,16-18H2,1H3,(H,27,30). The van der Waals surface area contributed by atoms with Gasteiger partial charge in [-0.05, 0) is 29.8 Å². The van der Waals surface area contributed by atoms with Gasteiger partial charge in [0, 0.05) is 12.6 Å². The Hall–Kier alpha value is -3.80. The number of hydrogen-bond acceptors (Lipinski definition) is 4. The average molecular weight is 431 g/mol. The third-order valence-corrected chi connectivity index (χ3v) is 5.39. The summed E-state index contributed by atoms with van der Waals surface area (Å²) in [5.41, 5.74) is 1.44. The van der Waals surface area contributed by atoms with Crippen LogP contribution in [0.3, 0.4) is 0 Å². The highest BCUT2D eigenvalue weighted by Gasteiger charge is 2.26. The van der Waals surface area contributed by atoms with Crippen molar-refractivity contribution in [2.75, 3.05) is 20.2 Å². The Balaban J connectivity index is 1.41. The number of hydrogen-bond donors (Lipinski definition) is 1. The first kappa shape index (κ1) is 21.4. The number of para-hydroxylation sites is 2. The average Bonchev–Trinajstić information content (AvgIpc) is 2.84. The van der Waals surface area contributed by atoms with E-state index >= 15 is 0 Å². The van der Waals surface area contributed by atoms with Gasteiger partial charge in [-0.2, -0.15) is 0 Å². The molecule has 1 heterocycles. The Kier molecular flexibility index (Phi) is 6.70. The Morgan fingerprint density at radius 1 is 0.938 bits per heavy atom. The fourth-order valence-corrected chi connectivity index (χ4v) is 3.66. The second-order valence-corrected chi connectivity index (χ2v) is 7.78. The molecule has 4 rings (SSSR count). The minimum absolute atomic E-state index is 0.0883. The molecule has 0 aliphatic carbocycles. The van der Waals surface area contributed by atoms with Gasteiger partial charge in [-0.15, -0.1) is 0 Å². The number of fused-ring (bicyclic) bond motifs is 1. The van der Waals surface area contributed by atoms with Crippen molar-refractivity contribution in [1.29, 1.82) is 0 Å². The first-order valence-corrected chi connectivity index (χ1v) is 10.6. The van der Waals surface area contributed by atoms with Gasteiger partial charge >= 0.3 is 0 Å². The Morgan fingerprint density at radius 3 is 2.28 bits per heavy atom. The molecule has 2 amide bonds. The summed E-state index contributed by atoms with van der Waals surface area (Å²) in [7, 11) is 1.74. The van der Waals surface area contributed by atoms with Gasteiger partial charge in [-0.25, -0.2) is 0 Å². The Labute approximate surface area is 187 Å². The lowest BCUT2D eigenvalue weighted by molar-refractivity contribution is -0.131.